The van der Waals surface area contributed by atoms with Gasteiger partial charge in [0.1, 0.15) is 23.5 Å². The maximum Gasteiger partial charge on any atom is 0.410 e. The Morgan fingerprint density at radius 3 is 2.57 bits per heavy atom. The molecule has 0 unspecified atom stereocenters. The Morgan fingerprint density at radius 1 is 1.29 bits per heavy atom. The van der Waals surface area contributed by atoms with Crippen molar-refractivity contribution in [3.05, 3.63) is 24.3 Å². The predicted molar refractivity (Wildman–Crippen MR) is 105 cm³/mol. The van der Waals surface area contributed by atoms with Gasteiger partial charge in [-0.1, -0.05) is 6.07 Å². The summed E-state index contributed by atoms with van der Waals surface area (Å²) in [5, 5.41) is 21.1. The summed E-state index contributed by atoms with van der Waals surface area (Å²) in [6, 6.07) is 10.5. The van der Waals surface area contributed by atoms with Gasteiger partial charge in [-0.05, 0) is 51.7 Å². The Morgan fingerprint density at radius 2 is 1.96 bits per heavy atom. The molecule has 1 N–H and O–H groups in total. The van der Waals surface area contributed by atoms with Crippen LogP contribution in [0.5, 0.6) is 5.75 Å². The molecule has 0 atom stereocenters. The minimum atomic E-state index is -0.485. The lowest BCUT2D eigenvalue weighted by atomic mass is 9.98. The van der Waals surface area contributed by atoms with Crippen molar-refractivity contribution < 1.29 is 14.3 Å². The van der Waals surface area contributed by atoms with Crippen LogP contribution < -0.4 is 10.2 Å². The number of piperidine rings is 1. The van der Waals surface area contributed by atoms with E-state index in [1.165, 1.54) is 0 Å². The number of benzene rings is 1. The predicted octanol–water partition coefficient (Wildman–Crippen LogP) is 3.53. The van der Waals surface area contributed by atoms with Gasteiger partial charge in [-0.3, -0.25) is 5.43 Å². The maximum atomic E-state index is 12.1. The normalized spacial score (nSPS) is 14.4. The average Bonchev–Trinajstić information content (AvgIpc) is 2.66. The van der Waals surface area contributed by atoms with E-state index in [1.54, 1.807) is 35.2 Å². The van der Waals surface area contributed by atoms with Crippen LogP contribution >= 0.6 is 0 Å². The fourth-order valence-corrected chi connectivity index (χ4v) is 2.67. The van der Waals surface area contributed by atoms with E-state index in [0.29, 0.717) is 37.1 Å². The minimum Gasteiger partial charge on any atom is -0.493 e. The monoisotopic (exact) mass is 383 g/mol. The highest BCUT2D eigenvalue weighted by Crippen LogP contribution is 2.23. The van der Waals surface area contributed by atoms with E-state index < -0.39 is 5.60 Å². The number of nitrogens with zero attached hydrogens (tertiary/aromatic N) is 4. The standard InChI is InChI=1S/C20H25N5O3/c1-20(2,3)28-19(26)25-9-7-15(8-10-25)14-27-18-6-4-5-16(11-18)23-24-17(12-21)13-22/h4-6,11,15,23H,7-10,14H2,1-3H3. The molecule has 0 radical (unpaired) electrons. The van der Waals surface area contributed by atoms with Gasteiger partial charge in [-0.15, -0.1) is 0 Å². The molecule has 0 aliphatic carbocycles. The van der Waals surface area contributed by atoms with Crippen molar-refractivity contribution in [1.29, 1.82) is 10.5 Å². The van der Waals surface area contributed by atoms with Crippen LogP contribution in [-0.2, 0) is 4.74 Å². The number of carbonyl (C=O) groups is 1. The zero-order valence-electron chi connectivity index (χ0n) is 16.4. The van der Waals surface area contributed by atoms with Crippen LogP contribution in [0.4, 0.5) is 10.5 Å². The van der Waals surface area contributed by atoms with Gasteiger partial charge in [0.25, 0.3) is 0 Å². The number of anilines is 1. The molecule has 1 fully saturated rings. The summed E-state index contributed by atoms with van der Waals surface area (Å²) < 4.78 is 11.3. The quantitative estimate of drug-likeness (QED) is 0.615. The van der Waals surface area contributed by atoms with Crippen molar-refractivity contribution in [2.45, 2.75) is 39.2 Å². The van der Waals surface area contributed by atoms with Crippen molar-refractivity contribution in [3.8, 4) is 17.9 Å². The number of ether oxygens (including phenoxy) is 2. The first-order valence-corrected chi connectivity index (χ1v) is 9.15. The number of nitriles is 2. The molecule has 28 heavy (non-hydrogen) atoms. The third-order valence-corrected chi connectivity index (χ3v) is 4.09. The van der Waals surface area contributed by atoms with E-state index >= 15 is 0 Å². The van der Waals surface area contributed by atoms with Gasteiger partial charge >= 0.3 is 6.09 Å². The summed E-state index contributed by atoms with van der Waals surface area (Å²) in [6.45, 7) is 7.45. The highest BCUT2D eigenvalue weighted by molar-refractivity contribution is 6.10. The molecule has 0 saturated carbocycles. The van der Waals surface area contributed by atoms with Crippen LogP contribution in [0.25, 0.3) is 0 Å². The molecule has 1 aromatic rings. The third-order valence-electron chi connectivity index (χ3n) is 4.09. The summed E-state index contributed by atoms with van der Waals surface area (Å²) in [7, 11) is 0. The number of hydrogen-bond acceptors (Lipinski definition) is 7. The van der Waals surface area contributed by atoms with Crippen LogP contribution in [0.15, 0.2) is 29.4 Å². The largest absolute Gasteiger partial charge is 0.493 e. The highest BCUT2D eigenvalue weighted by Gasteiger charge is 2.27. The summed E-state index contributed by atoms with van der Waals surface area (Å²) >= 11 is 0. The van der Waals surface area contributed by atoms with Crippen LogP contribution in [-0.4, -0.2) is 42.0 Å². The smallest absolute Gasteiger partial charge is 0.410 e. The van der Waals surface area contributed by atoms with Crippen LogP contribution in [0.1, 0.15) is 33.6 Å². The number of carbonyl (C=O) groups excluding carboxylic acids is 1. The molecule has 1 aromatic carbocycles. The molecule has 1 aliphatic rings. The molecule has 148 valence electrons. The van der Waals surface area contributed by atoms with Crippen molar-refractivity contribution in [2.75, 3.05) is 25.1 Å². The zero-order chi connectivity index (χ0) is 20.6. The number of amides is 1. The van der Waals surface area contributed by atoms with E-state index in [9.17, 15) is 4.79 Å². The molecule has 8 nitrogen and oxygen atoms in total. The van der Waals surface area contributed by atoms with Gasteiger partial charge < -0.3 is 14.4 Å². The van der Waals surface area contributed by atoms with Gasteiger partial charge in [0.2, 0.25) is 5.71 Å². The molecular weight excluding hydrogens is 358 g/mol. The van der Waals surface area contributed by atoms with Crippen LogP contribution in [0.3, 0.4) is 0 Å². The molecule has 1 heterocycles. The van der Waals surface area contributed by atoms with Crippen LogP contribution in [0.2, 0.25) is 0 Å². The van der Waals surface area contributed by atoms with Crippen molar-refractivity contribution >= 4 is 17.5 Å². The summed E-state index contributed by atoms with van der Waals surface area (Å²) in [5.74, 6) is 1.03. The molecule has 0 spiro atoms. The molecular formula is C20H25N5O3. The number of rotatable bonds is 5. The fourth-order valence-electron chi connectivity index (χ4n) is 2.67. The Bertz CT molecular complexity index is 777. The van der Waals surface area contributed by atoms with Crippen molar-refractivity contribution in [2.24, 2.45) is 11.0 Å². The SMILES string of the molecule is CC(C)(C)OC(=O)N1CCC(COc2cccc(NN=C(C#N)C#N)c2)CC1. The van der Waals surface area contributed by atoms with Crippen molar-refractivity contribution in [1.82, 2.24) is 4.90 Å². The topological polar surface area (TPSA) is 111 Å². The molecule has 1 saturated heterocycles. The lowest BCUT2D eigenvalue weighted by molar-refractivity contribution is 0.0165. The molecule has 8 heteroatoms. The molecule has 1 aliphatic heterocycles. The Hall–Kier alpha value is -3.26. The highest BCUT2D eigenvalue weighted by atomic mass is 16.6. The number of hydrogen-bond donors (Lipinski definition) is 1. The lowest BCUT2D eigenvalue weighted by Gasteiger charge is -2.33. The summed E-state index contributed by atoms with van der Waals surface area (Å²) in [6.07, 6.45) is 1.45. The first-order chi connectivity index (χ1) is 13.3. The van der Waals surface area contributed by atoms with Gasteiger partial charge in [0, 0.05) is 19.2 Å². The lowest BCUT2D eigenvalue weighted by Crippen LogP contribution is -2.42. The molecule has 2 rings (SSSR count). The number of nitrogens with one attached hydrogen (secondary N) is 1. The Kier molecular flexibility index (Phi) is 7.22. The zero-order valence-corrected chi connectivity index (χ0v) is 16.4. The average molecular weight is 383 g/mol. The summed E-state index contributed by atoms with van der Waals surface area (Å²) in [5.41, 5.74) is 2.56. The van der Waals surface area contributed by atoms with E-state index in [1.807, 2.05) is 26.8 Å². The second-order valence-electron chi connectivity index (χ2n) is 7.55. The van der Waals surface area contributed by atoms with E-state index in [-0.39, 0.29) is 11.8 Å². The second-order valence-corrected chi connectivity index (χ2v) is 7.55. The van der Waals surface area contributed by atoms with Gasteiger partial charge in [-0.2, -0.15) is 15.6 Å². The Labute approximate surface area is 165 Å². The molecule has 1 amide bonds. The van der Waals surface area contributed by atoms with Crippen LogP contribution in [0, 0.1) is 28.6 Å². The number of likely N-dealkylation sites (tertiary alicyclic amines) is 1. The maximum absolute atomic E-state index is 12.1. The second kappa shape index (κ2) is 9.61. The summed E-state index contributed by atoms with van der Waals surface area (Å²) in [4.78, 5) is 13.8. The van der Waals surface area contributed by atoms with Gasteiger partial charge in [-0.25, -0.2) is 4.79 Å². The first-order valence-electron chi connectivity index (χ1n) is 9.15. The van der Waals surface area contributed by atoms with Crippen molar-refractivity contribution in [3.63, 3.8) is 0 Å². The molecule has 0 aromatic heterocycles. The Balaban J connectivity index is 1.80. The van der Waals surface area contributed by atoms with E-state index in [4.69, 9.17) is 20.0 Å². The number of hydrazone groups is 1. The minimum absolute atomic E-state index is 0.247. The van der Waals surface area contributed by atoms with E-state index in [0.717, 1.165) is 12.8 Å². The third kappa shape index (κ3) is 6.81. The first kappa shape index (κ1) is 21.0. The van der Waals surface area contributed by atoms with E-state index in [2.05, 4.69) is 10.5 Å². The van der Waals surface area contributed by atoms with Gasteiger partial charge in [0.15, 0.2) is 0 Å². The fraction of sp³-hybridized carbons (Fsp3) is 0.500. The molecule has 0 bridgehead atoms. The van der Waals surface area contributed by atoms with Gasteiger partial charge in [0.05, 0.1) is 12.3 Å².